The topological polar surface area (TPSA) is 54.0 Å². The van der Waals surface area contributed by atoms with Crippen LogP contribution in [-0.4, -0.2) is 11.0 Å². The summed E-state index contributed by atoms with van der Waals surface area (Å²) in [6.45, 7) is 2.46. The summed E-state index contributed by atoms with van der Waals surface area (Å²) in [5, 5.41) is 5.38. The third-order valence-corrected chi connectivity index (χ3v) is 1.81. The zero-order chi connectivity index (χ0) is 8.55. The van der Waals surface area contributed by atoms with Gasteiger partial charge in [0.15, 0.2) is 0 Å². The quantitative estimate of drug-likeness (QED) is 0.600. The van der Waals surface area contributed by atoms with E-state index in [1.807, 2.05) is 13.0 Å². The zero-order valence-corrected chi connectivity index (χ0v) is 6.72. The third kappa shape index (κ3) is 1.11. The molecule has 62 valence electrons. The van der Waals surface area contributed by atoms with Crippen LogP contribution in [0.4, 0.5) is 10.5 Å². The highest BCUT2D eigenvalue weighted by molar-refractivity contribution is 5.92. The number of nitrogens with one attached hydrogen (secondary N) is 2. The second-order valence-electron chi connectivity index (χ2n) is 2.79. The Bertz CT molecular complexity index is 335. The molecule has 0 spiro atoms. The number of carbonyl (C=O) groups is 1. The van der Waals surface area contributed by atoms with Crippen LogP contribution in [0.3, 0.4) is 0 Å². The molecule has 0 aliphatic carbocycles. The van der Waals surface area contributed by atoms with Gasteiger partial charge < -0.3 is 10.6 Å². The summed E-state index contributed by atoms with van der Waals surface area (Å²) in [5.41, 5.74) is 2.81. The lowest BCUT2D eigenvalue weighted by Crippen LogP contribution is -2.33. The summed E-state index contributed by atoms with van der Waals surface area (Å²) in [4.78, 5) is 15.0. The second kappa shape index (κ2) is 2.48. The molecular weight excluding hydrogens is 154 g/mol. The van der Waals surface area contributed by atoms with E-state index in [-0.39, 0.29) is 6.03 Å². The zero-order valence-electron chi connectivity index (χ0n) is 6.72. The van der Waals surface area contributed by atoms with E-state index in [0.29, 0.717) is 6.54 Å². The molecule has 0 radical (unpaired) electrons. The minimum atomic E-state index is -0.145. The normalized spacial score (nSPS) is 14.6. The van der Waals surface area contributed by atoms with Crippen molar-refractivity contribution in [3.05, 3.63) is 23.5 Å². The van der Waals surface area contributed by atoms with Gasteiger partial charge in [0.1, 0.15) is 0 Å². The molecule has 1 aromatic rings. The number of anilines is 1. The van der Waals surface area contributed by atoms with E-state index in [2.05, 4.69) is 15.6 Å². The van der Waals surface area contributed by atoms with E-state index in [4.69, 9.17) is 0 Å². The molecule has 2 rings (SSSR count). The molecule has 4 heteroatoms. The van der Waals surface area contributed by atoms with Gasteiger partial charge in [-0.1, -0.05) is 0 Å². The Labute approximate surface area is 70.0 Å². The Morgan fingerprint density at radius 2 is 2.42 bits per heavy atom. The third-order valence-electron chi connectivity index (χ3n) is 1.81. The highest BCUT2D eigenvalue weighted by Gasteiger charge is 2.13. The molecule has 0 fully saturated rings. The predicted octanol–water partition coefficient (Wildman–Crippen LogP) is 1.03. The molecule has 0 atom stereocenters. The maximum Gasteiger partial charge on any atom is 0.319 e. The van der Waals surface area contributed by atoms with E-state index in [1.165, 1.54) is 0 Å². The van der Waals surface area contributed by atoms with Crippen molar-refractivity contribution in [1.29, 1.82) is 0 Å². The van der Waals surface area contributed by atoms with Crippen LogP contribution in [0.25, 0.3) is 0 Å². The fourth-order valence-corrected chi connectivity index (χ4v) is 1.19. The summed E-state index contributed by atoms with van der Waals surface area (Å²) in [6, 6.07) is 1.72. The Morgan fingerprint density at radius 3 is 3.25 bits per heavy atom. The molecule has 2 heterocycles. The minimum Gasteiger partial charge on any atom is -0.334 e. The number of nitrogens with zero attached hydrogens (tertiary/aromatic N) is 1. The van der Waals surface area contributed by atoms with E-state index >= 15 is 0 Å². The Morgan fingerprint density at radius 1 is 1.58 bits per heavy atom. The molecule has 0 aromatic carbocycles. The number of aromatic nitrogens is 1. The van der Waals surface area contributed by atoms with Crippen molar-refractivity contribution in [2.45, 2.75) is 13.5 Å². The van der Waals surface area contributed by atoms with Crippen LogP contribution in [0.15, 0.2) is 12.3 Å². The highest BCUT2D eigenvalue weighted by atomic mass is 16.2. The number of hydrogen-bond acceptors (Lipinski definition) is 2. The summed E-state index contributed by atoms with van der Waals surface area (Å²) in [5.74, 6) is 0. The molecule has 4 nitrogen and oxygen atoms in total. The number of aryl methyl sites for hydroxylation is 1. The molecule has 0 unspecified atom stereocenters. The van der Waals surface area contributed by atoms with Gasteiger partial charge in [0.2, 0.25) is 0 Å². The summed E-state index contributed by atoms with van der Waals surface area (Å²) < 4.78 is 0. The molecule has 2 N–H and O–H groups in total. The van der Waals surface area contributed by atoms with Crippen LogP contribution >= 0.6 is 0 Å². The van der Waals surface area contributed by atoms with Crippen LogP contribution in [0, 0.1) is 6.92 Å². The van der Waals surface area contributed by atoms with Crippen molar-refractivity contribution in [2.24, 2.45) is 0 Å². The van der Waals surface area contributed by atoms with E-state index in [1.54, 1.807) is 6.20 Å². The van der Waals surface area contributed by atoms with Gasteiger partial charge in [0.25, 0.3) is 0 Å². The first kappa shape index (κ1) is 7.09. The van der Waals surface area contributed by atoms with Gasteiger partial charge in [0, 0.05) is 24.0 Å². The smallest absolute Gasteiger partial charge is 0.319 e. The van der Waals surface area contributed by atoms with Gasteiger partial charge in [0.05, 0.1) is 5.69 Å². The first-order valence-electron chi connectivity index (χ1n) is 3.76. The molecule has 12 heavy (non-hydrogen) atoms. The standard InChI is InChI=1S/C8H9N3O/c1-5-2-7-6(3-9-5)4-10-8(12)11-7/h2-3H,4H2,1H3,(H2,10,11,12). The average molecular weight is 163 g/mol. The van der Waals surface area contributed by atoms with E-state index < -0.39 is 0 Å². The van der Waals surface area contributed by atoms with Crippen molar-refractivity contribution in [3.8, 4) is 0 Å². The summed E-state index contributed by atoms with van der Waals surface area (Å²) in [6.07, 6.45) is 1.77. The highest BCUT2D eigenvalue weighted by Crippen LogP contribution is 2.17. The number of pyridine rings is 1. The van der Waals surface area contributed by atoms with Crippen molar-refractivity contribution in [2.75, 3.05) is 5.32 Å². The second-order valence-corrected chi connectivity index (χ2v) is 2.79. The fraction of sp³-hybridized carbons (Fsp3) is 0.250. The Hall–Kier alpha value is -1.58. The van der Waals surface area contributed by atoms with Gasteiger partial charge in [-0.2, -0.15) is 0 Å². The minimum absolute atomic E-state index is 0.145. The number of amides is 2. The first-order valence-corrected chi connectivity index (χ1v) is 3.76. The maximum atomic E-state index is 10.9. The van der Waals surface area contributed by atoms with Crippen molar-refractivity contribution in [1.82, 2.24) is 10.3 Å². The predicted molar refractivity (Wildman–Crippen MR) is 44.8 cm³/mol. The van der Waals surface area contributed by atoms with Crippen molar-refractivity contribution in [3.63, 3.8) is 0 Å². The number of urea groups is 1. The lowest BCUT2D eigenvalue weighted by molar-refractivity contribution is 0.251. The van der Waals surface area contributed by atoms with Crippen LogP contribution in [0.2, 0.25) is 0 Å². The molecule has 1 aromatic heterocycles. The molecule has 0 bridgehead atoms. The molecular formula is C8H9N3O. The number of carbonyl (C=O) groups excluding carboxylic acids is 1. The van der Waals surface area contributed by atoms with Crippen molar-refractivity contribution >= 4 is 11.7 Å². The Kier molecular flexibility index (Phi) is 1.46. The van der Waals surface area contributed by atoms with Gasteiger partial charge in [-0.15, -0.1) is 0 Å². The Balaban J connectivity index is 2.44. The van der Waals surface area contributed by atoms with E-state index in [9.17, 15) is 4.79 Å². The van der Waals surface area contributed by atoms with Crippen LogP contribution in [-0.2, 0) is 6.54 Å². The van der Waals surface area contributed by atoms with Crippen molar-refractivity contribution < 1.29 is 4.79 Å². The first-order chi connectivity index (χ1) is 5.75. The van der Waals surface area contributed by atoms with E-state index in [0.717, 1.165) is 16.9 Å². The number of hydrogen-bond donors (Lipinski definition) is 2. The van der Waals surface area contributed by atoms with Gasteiger partial charge in [-0.05, 0) is 13.0 Å². The molecule has 1 aliphatic rings. The van der Waals surface area contributed by atoms with Gasteiger partial charge >= 0.3 is 6.03 Å². The molecule has 0 saturated carbocycles. The van der Waals surface area contributed by atoms with Gasteiger partial charge in [-0.3, -0.25) is 4.98 Å². The van der Waals surface area contributed by atoms with Gasteiger partial charge in [-0.25, -0.2) is 4.79 Å². The molecule has 2 amide bonds. The largest absolute Gasteiger partial charge is 0.334 e. The maximum absolute atomic E-state index is 10.9. The number of fused-ring (bicyclic) bond motifs is 1. The summed E-state index contributed by atoms with van der Waals surface area (Å²) in [7, 11) is 0. The monoisotopic (exact) mass is 163 g/mol. The van der Waals surface area contributed by atoms with Crippen LogP contribution < -0.4 is 10.6 Å². The number of rotatable bonds is 0. The fourth-order valence-electron chi connectivity index (χ4n) is 1.19. The lowest BCUT2D eigenvalue weighted by Gasteiger charge is -2.17. The SMILES string of the molecule is Cc1cc2c(cn1)CNC(=O)N2. The lowest BCUT2D eigenvalue weighted by atomic mass is 10.2. The van der Waals surface area contributed by atoms with Crippen LogP contribution in [0.1, 0.15) is 11.3 Å². The summed E-state index contributed by atoms with van der Waals surface area (Å²) >= 11 is 0. The molecule has 0 saturated heterocycles. The molecule has 1 aliphatic heterocycles. The average Bonchev–Trinajstić information content (AvgIpc) is 2.03. The van der Waals surface area contributed by atoms with Crippen LogP contribution in [0.5, 0.6) is 0 Å².